The van der Waals surface area contributed by atoms with E-state index in [2.05, 4.69) is 0 Å². The molecule has 1 heterocycles. The Morgan fingerprint density at radius 2 is 1.96 bits per heavy atom. The quantitative estimate of drug-likeness (QED) is 0.600. The lowest BCUT2D eigenvalue weighted by atomic mass is 10.1. The number of Topliss-reactive ketones (excluding diaryl/α,β-unsaturated/α-hetero) is 1. The minimum absolute atomic E-state index is 0.0370. The van der Waals surface area contributed by atoms with Crippen LogP contribution in [-0.4, -0.2) is 23.4 Å². The van der Waals surface area contributed by atoms with Gasteiger partial charge >= 0.3 is 5.97 Å². The van der Waals surface area contributed by atoms with Crippen LogP contribution in [0.2, 0.25) is 0 Å². The summed E-state index contributed by atoms with van der Waals surface area (Å²) < 4.78 is 11.6. The lowest BCUT2D eigenvalue weighted by molar-refractivity contribution is -0.145. The number of hydrogen-bond acceptors (Lipinski definition) is 5. The molecule has 0 bridgehead atoms. The van der Waals surface area contributed by atoms with E-state index in [0.29, 0.717) is 16.9 Å². The number of esters is 1. The number of pyridine rings is 1. The SMILES string of the molecule is COc1ccc(C(C)=O)cc1COC(=O)Cn1ccccc1=O. The van der Waals surface area contributed by atoms with E-state index in [9.17, 15) is 14.4 Å². The van der Waals surface area contributed by atoms with Gasteiger partial charge in [-0.1, -0.05) is 6.07 Å². The maximum atomic E-state index is 11.9. The van der Waals surface area contributed by atoms with Gasteiger partial charge in [-0.05, 0) is 31.2 Å². The minimum Gasteiger partial charge on any atom is -0.496 e. The molecule has 0 spiro atoms. The predicted octanol–water partition coefficient (Wildman–Crippen LogP) is 1.80. The highest BCUT2D eigenvalue weighted by molar-refractivity contribution is 5.94. The molecule has 0 aliphatic carbocycles. The first-order valence-electron chi connectivity index (χ1n) is 7.00. The Morgan fingerprint density at radius 1 is 1.17 bits per heavy atom. The highest BCUT2D eigenvalue weighted by atomic mass is 16.5. The third-order valence-corrected chi connectivity index (χ3v) is 3.27. The number of benzene rings is 1. The monoisotopic (exact) mass is 315 g/mol. The molecule has 0 aliphatic rings. The van der Waals surface area contributed by atoms with E-state index in [1.807, 2.05) is 0 Å². The molecule has 0 saturated carbocycles. The van der Waals surface area contributed by atoms with Crippen molar-refractivity contribution in [1.82, 2.24) is 4.57 Å². The third-order valence-electron chi connectivity index (χ3n) is 3.27. The molecule has 0 N–H and O–H groups in total. The summed E-state index contributed by atoms with van der Waals surface area (Å²) in [6.45, 7) is 1.25. The number of methoxy groups -OCH3 is 1. The van der Waals surface area contributed by atoms with Crippen LogP contribution in [0.5, 0.6) is 5.75 Å². The van der Waals surface area contributed by atoms with Crippen LogP contribution >= 0.6 is 0 Å². The number of nitrogens with zero attached hydrogens (tertiary/aromatic N) is 1. The summed E-state index contributed by atoms with van der Waals surface area (Å²) in [5.41, 5.74) is 0.825. The molecule has 0 amide bonds. The van der Waals surface area contributed by atoms with E-state index in [4.69, 9.17) is 9.47 Å². The highest BCUT2D eigenvalue weighted by Crippen LogP contribution is 2.21. The van der Waals surface area contributed by atoms with Gasteiger partial charge in [-0.25, -0.2) is 0 Å². The van der Waals surface area contributed by atoms with Crippen molar-refractivity contribution in [2.75, 3.05) is 7.11 Å². The van der Waals surface area contributed by atoms with E-state index >= 15 is 0 Å². The summed E-state index contributed by atoms with van der Waals surface area (Å²) in [6.07, 6.45) is 1.51. The van der Waals surface area contributed by atoms with Gasteiger partial charge in [-0.2, -0.15) is 0 Å². The molecular formula is C17H17NO5. The molecule has 0 unspecified atom stereocenters. The molecule has 1 aromatic heterocycles. The highest BCUT2D eigenvalue weighted by Gasteiger charge is 2.11. The Bertz CT molecular complexity index is 779. The first-order valence-corrected chi connectivity index (χ1v) is 7.00. The van der Waals surface area contributed by atoms with E-state index in [-0.39, 0.29) is 24.5 Å². The first kappa shape index (κ1) is 16.5. The van der Waals surface area contributed by atoms with Crippen LogP contribution in [0.15, 0.2) is 47.4 Å². The molecule has 120 valence electrons. The van der Waals surface area contributed by atoms with Crippen molar-refractivity contribution in [1.29, 1.82) is 0 Å². The average molecular weight is 315 g/mol. The lowest BCUT2D eigenvalue weighted by Crippen LogP contribution is -2.23. The number of carbonyl (C=O) groups is 2. The Morgan fingerprint density at radius 3 is 2.61 bits per heavy atom. The van der Waals surface area contributed by atoms with Crippen LogP contribution in [0.1, 0.15) is 22.8 Å². The van der Waals surface area contributed by atoms with Crippen LogP contribution in [-0.2, 0) is 22.7 Å². The van der Waals surface area contributed by atoms with E-state index < -0.39 is 5.97 Å². The number of aromatic nitrogens is 1. The number of hydrogen-bond donors (Lipinski definition) is 0. The normalized spacial score (nSPS) is 10.2. The van der Waals surface area contributed by atoms with Crippen molar-refractivity contribution in [2.45, 2.75) is 20.1 Å². The molecule has 6 heteroatoms. The minimum atomic E-state index is -0.548. The van der Waals surface area contributed by atoms with Gasteiger partial charge in [0.1, 0.15) is 18.9 Å². The van der Waals surface area contributed by atoms with E-state index in [1.54, 1.807) is 30.3 Å². The van der Waals surface area contributed by atoms with Gasteiger partial charge in [-0.3, -0.25) is 14.4 Å². The van der Waals surface area contributed by atoms with Crippen LogP contribution < -0.4 is 10.3 Å². The molecule has 6 nitrogen and oxygen atoms in total. The second kappa shape index (κ2) is 7.40. The second-order valence-corrected chi connectivity index (χ2v) is 4.91. The average Bonchev–Trinajstić information content (AvgIpc) is 2.54. The number of ketones is 1. The van der Waals surface area contributed by atoms with Gasteiger partial charge in [-0.15, -0.1) is 0 Å². The summed E-state index contributed by atoms with van der Waals surface area (Å²) in [5.74, 6) is -0.107. The summed E-state index contributed by atoms with van der Waals surface area (Å²) in [7, 11) is 1.50. The maximum absolute atomic E-state index is 11.9. The zero-order chi connectivity index (χ0) is 16.8. The zero-order valence-corrected chi connectivity index (χ0v) is 12.9. The summed E-state index contributed by atoms with van der Waals surface area (Å²) in [6, 6.07) is 9.56. The molecule has 0 fully saturated rings. The molecule has 1 aromatic carbocycles. The van der Waals surface area contributed by atoms with Crippen molar-refractivity contribution >= 4 is 11.8 Å². The zero-order valence-electron chi connectivity index (χ0n) is 12.9. The number of carbonyl (C=O) groups excluding carboxylic acids is 2. The molecule has 0 radical (unpaired) electrons. The van der Waals surface area contributed by atoms with Gasteiger partial charge in [0.2, 0.25) is 0 Å². The second-order valence-electron chi connectivity index (χ2n) is 4.91. The van der Waals surface area contributed by atoms with Crippen molar-refractivity contribution in [3.8, 4) is 5.75 Å². The van der Waals surface area contributed by atoms with Crippen molar-refractivity contribution in [2.24, 2.45) is 0 Å². The fourth-order valence-electron chi connectivity index (χ4n) is 2.04. The number of ether oxygens (including phenoxy) is 2. The Kier molecular flexibility index (Phi) is 5.30. The molecule has 0 aliphatic heterocycles. The van der Waals surface area contributed by atoms with Gasteiger partial charge in [0.05, 0.1) is 7.11 Å². The fraction of sp³-hybridized carbons (Fsp3) is 0.235. The van der Waals surface area contributed by atoms with E-state index in [0.717, 1.165) is 0 Å². The summed E-state index contributed by atoms with van der Waals surface area (Å²) in [4.78, 5) is 34.8. The maximum Gasteiger partial charge on any atom is 0.326 e. The molecule has 0 saturated heterocycles. The predicted molar refractivity (Wildman–Crippen MR) is 83.5 cm³/mol. The van der Waals surface area contributed by atoms with Gasteiger partial charge in [0, 0.05) is 23.4 Å². The Balaban J connectivity index is 2.06. The van der Waals surface area contributed by atoms with Gasteiger partial charge in [0.25, 0.3) is 5.56 Å². The summed E-state index contributed by atoms with van der Waals surface area (Å²) >= 11 is 0. The smallest absolute Gasteiger partial charge is 0.326 e. The summed E-state index contributed by atoms with van der Waals surface area (Å²) in [5, 5.41) is 0. The third kappa shape index (κ3) is 4.29. The Hall–Kier alpha value is -2.89. The number of rotatable bonds is 6. The fourth-order valence-corrected chi connectivity index (χ4v) is 2.04. The topological polar surface area (TPSA) is 74.6 Å². The van der Waals surface area contributed by atoms with Crippen molar-refractivity contribution < 1.29 is 19.1 Å². The van der Waals surface area contributed by atoms with E-state index in [1.165, 1.54) is 30.9 Å². The molecule has 0 atom stereocenters. The van der Waals surface area contributed by atoms with Gasteiger partial charge < -0.3 is 14.0 Å². The van der Waals surface area contributed by atoms with Crippen molar-refractivity contribution in [3.63, 3.8) is 0 Å². The molecule has 23 heavy (non-hydrogen) atoms. The van der Waals surface area contributed by atoms with Crippen LogP contribution in [0.25, 0.3) is 0 Å². The Labute approximate surface area is 133 Å². The van der Waals surface area contributed by atoms with Crippen LogP contribution in [0, 0.1) is 0 Å². The largest absolute Gasteiger partial charge is 0.496 e. The first-order chi connectivity index (χ1) is 11.0. The van der Waals surface area contributed by atoms with Crippen LogP contribution in [0.3, 0.4) is 0 Å². The van der Waals surface area contributed by atoms with Crippen molar-refractivity contribution in [3.05, 3.63) is 64.1 Å². The van der Waals surface area contributed by atoms with Gasteiger partial charge in [0.15, 0.2) is 5.78 Å². The molecular weight excluding hydrogens is 298 g/mol. The standard InChI is InChI=1S/C17H17NO5/c1-12(19)13-6-7-15(22-2)14(9-13)11-23-17(21)10-18-8-4-3-5-16(18)20/h3-9H,10-11H2,1-2H3. The lowest BCUT2D eigenvalue weighted by Gasteiger charge is -2.11. The van der Waals surface area contributed by atoms with Crippen LogP contribution in [0.4, 0.5) is 0 Å². The molecule has 2 aromatic rings. The molecule has 2 rings (SSSR count).